The molecule has 0 unspecified atom stereocenters. The van der Waals surface area contributed by atoms with Crippen molar-refractivity contribution in [1.29, 1.82) is 0 Å². The maximum atomic E-state index is 7.01. The summed E-state index contributed by atoms with van der Waals surface area (Å²) in [4.78, 5) is 0. The minimum Gasteiger partial charge on any atom is -0.408 e. The van der Waals surface area contributed by atoms with Gasteiger partial charge in [-0.2, -0.15) is 4.67 Å². The van der Waals surface area contributed by atoms with E-state index in [2.05, 4.69) is 318 Å². The molecule has 0 aliphatic heterocycles. The minimum atomic E-state index is -1.60. The Balaban J connectivity index is 0.000000152. The van der Waals surface area contributed by atoms with Gasteiger partial charge in [0.1, 0.15) is 22.3 Å². The average Bonchev–Trinajstić information content (AvgIpc) is 1.87. The third-order valence-electron chi connectivity index (χ3n) is 17.0. The molecule has 0 N–H and O–H groups in total. The first-order valence-electron chi connectivity index (χ1n) is 30.7. The Labute approximate surface area is 538 Å². The monoisotopic (exact) mass is 1380 g/mol. The zero-order chi connectivity index (χ0) is 59.8. The van der Waals surface area contributed by atoms with Gasteiger partial charge in [-0.3, -0.25) is 0 Å². The Morgan fingerprint density at radius 3 is 0.820 bits per heavy atom. The molecular weight excluding hydrogens is 1310 g/mol. The van der Waals surface area contributed by atoms with Gasteiger partial charge in [-0.25, -0.2) is 4.67 Å². The molecule has 15 rings (SSSR count). The third kappa shape index (κ3) is 13.2. The summed E-state index contributed by atoms with van der Waals surface area (Å²) in [6, 6.07) is 93.2. The molecule has 6 nitrogen and oxygen atoms in total. The maximum absolute atomic E-state index is 7.01. The van der Waals surface area contributed by atoms with Crippen LogP contribution in [0.15, 0.2) is 284 Å². The van der Waals surface area contributed by atoms with Gasteiger partial charge in [0.15, 0.2) is 0 Å². The maximum Gasteiger partial charge on any atom is 0.310 e. The quantitative estimate of drug-likeness (QED) is 0.127. The van der Waals surface area contributed by atoms with E-state index in [1.54, 1.807) is 0 Å². The molecule has 1 aliphatic rings. The normalized spacial score (nSPS) is 14.1. The summed E-state index contributed by atoms with van der Waals surface area (Å²) in [5.41, 5.74) is 8.10. The van der Waals surface area contributed by atoms with Crippen LogP contribution in [0, 0.1) is 32.6 Å². The fourth-order valence-corrected chi connectivity index (χ4v) is 15.7. The van der Waals surface area contributed by atoms with Crippen LogP contribution in [0.1, 0.15) is 92.9 Å². The number of hydrogen-bond acceptors (Lipinski definition) is 6. The Bertz CT molecular complexity index is 4150. The van der Waals surface area contributed by atoms with Gasteiger partial charge < -0.3 is 23.7 Å². The summed E-state index contributed by atoms with van der Waals surface area (Å²) in [7, 11) is -3.14. The Hall–Kier alpha value is -7.95. The molecule has 9 heteroatoms. The first-order valence-corrected chi connectivity index (χ1v) is 32.9. The van der Waals surface area contributed by atoms with E-state index < -0.39 is 16.3 Å². The summed E-state index contributed by atoms with van der Waals surface area (Å²) >= 11 is 0. The number of hydrogen-bond donors (Lipinski definition) is 0. The summed E-state index contributed by atoms with van der Waals surface area (Å²) < 4.78 is 32.7. The largest absolute Gasteiger partial charge is 0.408 e. The SMILES string of the molecule is C[C@H](c1ccccc1)N([C@H](C)c1ccccc1)p1oc2ccc3ccccc3c2c2c(ccc3ccccc32)o1.[CH2-][C@H](c1ccccc1)N([C@@H](C)c1ccccc1)p1oc2ccc3ccccc3c2c2c(ccc3ccccc32)o1.[CH]1[CH]CC[CH][CH]CC1.[Ir]. The average molecular weight is 1380 g/mol. The molecule has 1 saturated carbocycles. The number of nitrogens with zero attached hydrogens (tertiary/aromatic N) is 2. The molecule has 0 amide bonds. The molecule has 12 aromatic carbocycles. The summed E-state index contributed by atoms with van der Waals surface area (Å²) in [5, 5.41) is 13.7. The van der Waals surface area contributed by atoms with Gasteiger partial charge >= 0.3 is 16.3 Å². The molecule has 4 atom stereocenters. The smallest absolute Gasteiger partial charge is 0.310 e. The zero-order valence-electron chi connectivity index (χ0n) is 50.3. The van der Waals surface area contributed by atoms with Crippen LogP contribution >= 0.6 is 16.3 Å². The van der Waals surface area contributed by atoms with Gasteiger partial charge in [-0.15, -0.1) is 0 Å². The van der Waals surface area contributed by atoms with Crippen molar-refractivity contribution in [1.82, 2.24) is 0 Å². The van der Waals surface area contributed by atoms with Crippen molar-refractivity contribution in [2.24, 2.45) is 0 Å². The molecular formula is C80H71IrN2O4P2-. The number of benzene rings is 12. The van der Waals surface area contributed by atoms with Crippen molar-refractivity contribution in [3.05, 3.63) is 322 Å². The van der Waals surface area contributed by atoms with Crippen LogP contribution in [0.2, 0.25) is 0 Å². The van der Waals surface area contributed by atoms with Crippen molar-refractivity contribution < 1.29 is 36.9 Å². The van der Waals surface area contributed by atoms with Gasteiger partial charge in [0, 0.05) is 59.8 Å². The van der Waals surface area contributed by atoms with Crippen LogP contribution in [-0.2, 0) is 20.1 Å². The Morgan fingerprint density at radius 1 is 0.292 bits per heavy atom. The van der Waals surface area contributed by atoms with Crippen LogP contribution in [0.3, 0.4) is 0 Å². The fraction of sp³-hybridized carbons (Fsp3) is 0.138. The van der Waals surface area contributed by atoms with E-state index in [1.165, 1.54) is 63.9 Å². The van der Waals surface area contributed by atoms with Crippen LogP contribution in [0.5, 0.6) is 0 Å². The molecule has 1 fully saturated rings. The first kappa shape index (κ1) is 61.3. The number of fused-ring (bicyclic) bond motifs is 14. The van der Waals surface area contributed by atoms with E-state index >= 15 is 0 Å². The molecule has 2 heterocycles. The Morgan fingerprint density at radius 2 is 0.528 bits per heavy atom. The summed E-state index contributed by atoms with van der Waals surface area (Å²) in [6.07, 6.45) is 14.0. The minimum absolute atomic E-state index is 0. The molecule has 14 aromatic rings. The molecule has 0 saturated heterocycles. The predicted molar refractivity (Wildman–Crippen MR) is 374 cm³/mol. The standard InChI is InChI=1S/C36H30NO2P.C36H29NO2P.C8H12.Ir/c2*1-25(27-13-5-3-6-14-27)37(26(2)28-15-7-4-8-16-28)40-38-33-23-21-29-17-9-11-19-31(29)35(33)36-32-20-12-10-18-30(32)22-24-34(36)39-40;1-2-4-6-8-7-5-3-1;/h3-26H,1-2H3;3-26H,1H2,2H3;1-2,7-8H,3-6H2;/q;-1;;/t25-,26-;25-,26+;;/m11../s1. The Kier molecular flexibility index (Phi) is 19.8. The molecule has 0 bridgehead atoms. The van der Waals surface area contributed by atoms with Crippen LogP contribution in [-0.4, -0.2) is 0 Å². The van der Waals surface area contributed by atoms with E-state index in [9.17, 15) is 0 Å². The third-order valence-corrected chi connectivity index (χ3v) is 20.5. The van der Waals surface area contributed by atoms with Crippen LogP contribution < -0.4 is 9.34 Å². The van der Waals surface area contributed by atoms with Crippen molar-refractivity contribution in [3.63, 3.8) is 0 Å². The van der Waals surface area contributed by atoms with E-state index in [1.807, 2.05) is 12.1 Å². The van der Waals surface area contributed by atoms with Gasteiger partial charge in [0.2, 0.25) is 0 Å². The first-order chi connectivity index (χ1) is 43.4. The van der Waals surface area contributed by atoms with E-state index in [4.69, 9.17) is 16.8 Å². The molecule has 445 valence electrons. The van der Waals surface area contributed by atoms with Gasteiger partial charge in [-0.05, 0) is 156 Å². The topological polar surface area (TPSA) is 59.0 Å². The zero-order valence-corrected chi connectivity index (χ0v) is 54.5. The van der Waals surface area contributed by atoms with E-state index in [0.717, 1.165) is 71.0 Å². The van der Waals surface area contributed by atoms with Crippen LogP contribution in [0.25, 0.3) is 87.0 Å². The summed E-state index contributed by atoms with van der Waals surface area (Å²) in [6.45, 7) is 11.4. The molecule has 5 radical (unpaired) electrons. The molecule has 1 aliphatic carbocycles. The van der Waals surface area contributed by atoms with Gasteiger partial charge in [0.25, 0.3) is 0 Å². The van der Waals surface area contributed by atoms with Crippen molar-refractivity contribution in [3.8, 4) is 0 Å². The molecule has 0 spiro atoms. The van der Waals surface area contributed by atoms with Gasteiger partial charge in [-0.1, -0.05) is 254 Å². The second-order valence-electron chi connectivity index (χ2n) is 22.5. The number of rotatable bonds is 10. The van der Waals surface area contributed by atoms with E-state index in [0.29, 0.717) is 0 Å². The van der Waals surface area contributed by atoms with Crippen molar-refractivity contribution in [2.45, 2.75) is 70.6 Å². The fourth-order valence-electron chi connectivity index (χ4n) is 12.4. The van der Waals surface area contributed by atoms with E-state index in [-0.39, 0.29) is 44.3 Å². The second kappa shape index (κ2) is 28.7. The molecule has 2 aromatic heterocycles. The van der Waals surface area contributed by atoms with Crippen LogP contribution in [0.4, 0.5) is 0 Å². The van der Waals surface area contributed by atoms with Gasteiger partial charge in [0.05, 0.1) is 0 Å². The predicted octanol–water partition coefficient (Wildman–Crippen LogP) is 24.3. The second-order valence-corrected chi connectivity index (χ2v) is 25.1. The van der Waals surface area contributed by atoms with Crippen molar-refractivity contribution in [2.75, 3.05) is 9.34 Å². The van der Waals surface area contributed by atoms with Crippen molar-refractivity contribution >= 4 is 103 Å². The molecule has 89 heavy (non-hydrogen) atoms. The summed E-state index contributed by atoms with van der Waals surface area (Å²) in [5.74, 6) is 0.